The Balaban J connectivity index is 3.20. The molecule has 0 radical (unpaired) electrons. The zero-order valence-corrected chi connectivity index (χ0v) is 9.95. The lowest BCUT2D eigenvalue weighted by atomic mass is 10.1. The van der Waals surface area contributed by atoms with Gasteiger partial charge in [-0.1, -0.05) is 13.8 Å². The lowest BCUT2D eigenvalue weighted by Gasteiger charge is -2.11. The first-order chi connectivity index (χ1) is 7.02. The third-order valence-electron chi connectivity index (χ3n) is 2.06. The van der Waals surface area contributed by atoms with E-state index in [1.165, 1.54) is 0 Å². The molecule has 0 aliphatic rings. The Hall–Kier alpha value is -0.610. The lowest BCUT2D eigenvalue weighted by Crippen LogP contribution is -2.31. The van der Waals surface area contributed by atoms with Crippen LogP contribution in [0.1, 0.15) is 33.6 Å². The monoisotopic (exact) mass is 217 g/mol. The van der Waals surface area contributed by atoms with E-state index in [1.54, 1.807) is 0 Å². The summed E-state index contributed by atoms with van der Waals surface area (Å²) in [7, 11) is 0. The van der Waals surface area contributed by atoms with Crippen LogP contribution < -0.4 is 5.32 Å². The van der Waals surface area contributed by atoms with Gasteiger partial charge in [-0.3, -0.25) is 4.79 Å². The molecule has 0 rings (SSSR count). The van der Waals surface area contributed by atoms with Gasteiger partial charge in [0.25, 0.3) is 0 Å². The fourth-order valence-corrected chi connectivity index (χ4v) is 1.13. The highest BCUT2D eigenvalue weighted by atomic mass is 16.5. The number of hydrogen-bond acceptors (Lipinski definition) is 3. The normalized spacial score (nSPS) is 13.1. The Morgan fingerprint density at radius 2 is 2.00 bits per heavy atom. The minimum atomic E-state index is -0.768. The van der Waals surface area contributed by atoms with E-state index >= 15 is 0 Å². The van der Waals surface area contributed by atoms with E-state index in [9.17, 15) is 4.79 Å². The highest BCUT2D eigenvalue weighted by molar-refractivity contribution is 5.67. The second kappa shape index (κ2) is 8.68. The lowest BCUT2D eigenvalue weighted by molar-refractivity contribution is -0.137. The van der Waals surface area contributed by atoms with Crippen LogP contribution in [0.3, 0.4) is 0 Å². The molecule has 0 amide bonds. The van der Waals surface area contributed by atoms with Crippen molar-refractivity contribution in [2.75, 3.05) is 19.8 Å². The van der Waals surface area contributed by atoms with Crippen molar-refractivity contribution in [3.05, 3.63) is 0 Å². The fourth-order valence-electron chi connectivity index (χ4n) is 1.13. The van der Waals surface area contributed by atoms with Gasteiger partial charge in [-0.25, -0.2) is 0 Å². The number of nitrogens with one attached hydrogen (secondary N) is 1. The molecule has 0 bridgehead atoms. The molecule has 0 spiro atoms. The van der Waals surface area contributed by atoms with E-state index in [1.807, 2.05) is 6.92 Å². The van der Waals surface area contributed by atoms with E-state index in [0.717, 1.165) is 13.0 Å². The van der Waals surface area contributed by atoms with E-state index < -0.39 is 5.97 Å². The van der Waals surface area contributed by atoms with Gasteiger partial charge >= 0.3 is 5.97 Å². The number of aliphatic carboxylic acids is 1. The molecule has 2 N–H and O–H groups in total. The minimum Gasteiger partial charge on any atom is -0.481 e. The molecular formula is C11H23NO3. The van der Waals surface area contributed by atoms with E-state index in [0.29, 0.717) is 19.1 Å². The number of hydrogen-bond donors (Lipinski definition) is 2. The van der Waals surface area contributed by atoms with Crippen LogP contribution in [0.4, 0.5) is 0 Å². The Labute approximate surface area is 92.0 Å². The predicted molar refractivity (Wildman–Crippen MR) is 60.0 cm³/mol. The van der Waals surface area contributed by atoms with Crippen molar-refractivity contribution in [1.82, 2.24) is 5.32 Å². The van der Waals surface area contributed by atoms with Crippen molar-refractivity contribution < 1.29 is 14.6 Å². The first-order valence-corrected chi connectivity index (χ1v) is 5.55. The van der Waals surface area contributed by atoms with Gasteiger partial charge in [0.05, 0.1) is 13.0 Å². The highest BCUT2D eigenvalue weighted by Gasteiger charge is 2.05. The quantitative estimate of drug-likeness (QED) is 0.575. The molecule has 0 aliphatic carbocycles. The van der Waals surface area contributed by atoms with Crippen molar-refractivity contribution in [3.8, 4) is 0 Å². The van der Waals surface area contributed by atoms with Crippen LogP contribution in [0.2, 0.25) is 0 Å². The zero-order valence-electron chi connectivity index (χ0n) is 9.95. The fraction of sp³-hybridized carbons (Fsp3) is 0.909. The average molecular weight is 217 g/mol. The molecule has 0 aromatic carbocycles. The van der Waals surface area contributed by atoms with Crippen molar-refractivity contribution >= 4 is 5.97 Å². The summed E-state index contributed by atoms with van der Waals surface area (Å²) in [6.07, 6.45) is 1.23. The maximum Gasteiger partial charge on any atom is 0.304 e. The molecule has 4 nitrogen and oxygen atoms in total. The van der Waals surface area contributed by atoms with Crippen LogP contribution in [0, 0.1) is 5.92 Å². The molecule has 15 heavy (non-hydrogen) atoms. The minimum absolute atomic E-state index is 0.0104. The Bertz CT molecular complexity index is 171. The molecule has 0 saturated carbocycles. The molecule has 1 atom stereocenters. The number of carbonyl (C=O) groups is 1. The summed E-state index contributed by atoms with van der Waals surface area (Å²) in [5.41, 5.74) is 0. The number of ether oxygens (including phenoxy) is 1. The summed E-state index contributed by atoms with van der Waals surface area (Å²) >= 11 is 0. The summed E-state index contributed by atoms with van der Waals surface area (Å²) in [4.78, 5) is 10.3. The topological polar surface area (TPSA) is 58.6 Å². The van der Waals surface area contributed by atoms with Gasteiger partial charge in [0.2, 0.25) is 0 Å². The van der Waals surface area contributed by atoms with Crippen molar-refractivity contribution in [2.45, 2.75) is 39.7 Å². The van der Waals surface area contributed by atoms with Crippen molar-refractivity contribution in [3.63, 3.8) is 0 Å². The Morgan fingerprint density at radius 1 is 1.33 bits per heavy atom. The van der Waals surface area contributed by atoms with E-state index in [-0.39, 0.29) is 12.5 Å². The summed E-state index contributed by atoms with van der Waals surface area (Å²) in [6.45, 7) is 8.34. The van der Waals surface area contributed by atoms with Crippen LogP contribution in [0.15, 0.2) is 0 Å². The van der Waals surface area contributed by atoms with Crippen LogP contribution in [0.5, 0.6) is 0 Å². The van der Waals surface area contributed by atoms with Gasteiger partial charge in [-0.15, -0.1) is 0 Å². The second-order valence-electron chi connectivity index (χ2n) is 4.25. The largest absolute Gasteiger partial charge is 0.481 e. The van der Waals surface area contributed by atoms with Gasteiger partial charge in [0, 0.05) is 19.2 Å². The smallest absolute Gasteiger partial charge is 0.304 e. The van der Waals surface area contributed by atoms with Crippen molar-refractivity contribution in [1.29, 1.82) is 0 Å². The SMILES string of the molecule is CC(C)CCOCCNC(C)CC(=O)O. The Morgan fingerprint density at radius 3 is 2.53 bits per heavy atom. The third kappa shape index (κ3) is 11.3. The molecular weight excluding hydrogens is 194 g/mol. The first kappa shape index (κ1) is 14.4. The summed E-state index contributed by atoms with van der Waals surface area (Å²) in [5, 5.41) is 11.6. The maximum absolute atomic E-state index is 10.3. The maximum atomic E-state index is 10.3. The Kier molecular flexibility index (Phi) is 8.33. The molecule has 0 heterocycles. The number of carboxylic acids is 1. The molecule has 0 aliphatic heterocycles. The van der Waals surface area contributed by atoms with Crippen LogP contribution in [-0.2, 0) is 9.53 Å². The molecule has 0 aromatic rings. The molecule has 90 valence electrons. The predicted octanol–water partition coefficient (Wildman–Crippen LogP) is 1.50. The van der Waals surface area contributed by atoms with Gasteiger partial charge in [0.1, 0.15) is 0 Å². The van der Waals surface area contributed by atoms with Gasteiger partial charge in [0.15, 0.2) is 0 Å². The second-order valence-corrected chi connectivity index (χ2v) is 4.25. The highest BCUT2D eigenvalue weighted by Crippen LogP contribution is 1.98. The zero-order chi connectivity index (χ0) is 11.7. The van der Waals surface area contributed by atoms with Gasteiger partial charge in [-0.05, 0) is 19.3 Å². The summed E-state index contributed by atoms with van der Waals surface area (Å²) in [5.74, 6) is -0.0976. The summed E-state index contributed by atoms with van der Waals surface area (Å²) in [6, 6.07) is 0.0104. The standard InChI is InChI=1S/C11H23NO3/c1-9(2)4-6-15-7-5-12-10(3)8-11(13)14/h9-10,12H,4-8H2,1-3H3,(H,13,14). The van der Waals surface area contributed by atoms with Crippen LogP contribution in [-0.4, -0.2) is 36.9 Å². The van der Waals surface area contributed by atoms with Crippen molar-refractivity contribution in [2.24, 2.45) is 5.92 Å². The van der Waals surface area contributed by atoms with Crippen LogP contribution in [0.25, 0.3) is 0 Å². The molecule has 0 fully saturated rings. The van der Waals surface area contributed by atoms with E-state index in [2.05, 4.69) is 19.2 Å². The number of carboxylic acid groups (broad SMARTS) is 1. The first-order valence-electron chi connectivity index (χ1n) is 5.55. The molecule has 0 saturated heterocycles. The molecule has 1 unspecified atom stereocenters. The molecule has 0 aromatic heterocycles. The van der Waals surface area contributed by atoms with E-state index in [4.69, 9.17) is 9.84 Å². The molecule has 4 heteroatoms. The number of rotatable bonds is 9. The van der Waals surface area contributed by atoms with Crippen LogP contribution >= 0.6 is 0 Å². The van der Waals surface area contributed by atoms with Gasteiger partial charge in [-0.2, -0.15) is 0 Å². The third-order valence-corrected chi connectivity index (χ3v) is 2.06. The summed E-state index contributed by atoms with van der Waals surface area (Å²) < 4.78 is 5.39. The van der Waals surface area contributed by atoms with Gasteiger partial charge < -0.3 is 15.2 Å². The average Bonchev–Trinajstić information content (AvgIpc) is 2.09.